The minimum atomic E-state index is -3.43. The number of anilines is 2. The van der Waals surface area contributed by atoms with Crippen LogP contribution in [0.15, 0.2) is 42.5 Å². The Labute approximate surface area is 158 Å². The maximum Gasteiger partial charge on any atom is 0.248 e. The molecule has 0 fully saturated rings. The zero-order valence-electron chi connectivity index (χ0n) is 15.0. The second-order valence-electron chi connectivity index (χ2n) is 6.08. The van der Waals surface area contributed by atoms with Crippen LogP contribution in [0.3, 0.4) is 0 Å². The highest BCUT2D eigenvalue weighted by atomic mass is 32.2. The molecule has 0 aliphatic carbocycles. The Balaban J connectivity index is 1.68. The van der Waals surface area contributed by atoms with Crippen LogP contribution in [0.1, 0.15) is 11.1 Å². The molecule has 0 aromatic heterocycles. The lowest BCUT2D eigenvalue weighted by molar-refractivity contribution is -0.111. The van der Waals surface area contributed by atoms with E-state index in [-0.39, 0.29) is 5.91 Å². The number of carbonyl (C=O) groups is 1. The van der Waals surface area contributed by atoms with Crippen molar-refractivity contribution in [3.63, 3.8) is 0 Å². The molecule has 2 aromatic rings. The van der Waals surface area contributed by atoms with Crippen LogP contribution in [0.2, 0.25) is 0 Å². The topological polar surface area (TPSA) is 93.7 Å². The van der Waals surface area contributed by atoms with Gasteiger partial charge in [0, 0.05) is 24.3 Å². The van der Waals surface area contributed by atoms with Gasteiger partial charge in [-0.3, -0.25) is 9.52 Å². The molecule has 142 valence electrons. The van der Waals surface area contributed by atoms with Crippen molar-refractivity contribution in [3.8, 4) is 11.5 Å². The number of carbonyl (C=O) groups excluding carboxylic acids is 1. The van der Waals surface area contributed by atoms with Gasteiger partial charge in [-0.15, -0.1) is 0 Å². The number of amides is 1. The lowest BCUT2D eigenvalue weighted by Gasteiger charge is -2.11. The molecule has 0 saturated carbocycles. The Morgan fingerprint density at radius 2 is 2.04 bits per heavy atom. The Morgan fingerprint density at radius 3 is 2.78 bits per heavy atom. The van der Waals surface area contributed by atoms with Crippen molar-refractivity contribution in [2.24, 2.45) is 0 Å². The predicted octanol–water partition coefficient (Wildman–Crippen LogP) is 2.65. The zero-order chi connectivity index (χ0) is 19.4. The van der Waals surface area contributed by atoms with Crippen molar-refractivity contribution >= 4 is 33.4 Å². The summed E-state index contributed by atoms with van der Waals surface area (Å²) in [5.41, 5.74) is 2.84. The van der Waals surface area contributed by atoms with Gasteiger partial charge in [0.15, 0.2) is 0 Å². The molecule has 0 bridgehead atoms. The lowest BCUT2D eigenvalue weighted by Crippen LogP contribution is -2.11. The van der Waals surface area contributed by atoms with Gasteiger partial charge in [0.25, 0.3) is 0 Å². The Hall–Kier alpha value is -3.00. The smallest absolute Gasteiger partial charge is 0.248 e. The van der Waals surface area contributed by atoms with E-state index in [0.29, 0.717) is 23.7 Å². The van der Waals surface area contributed by atoms with Crippen LogP contribution in [0, 0.1) is 0 Å². The van der Waals surface area contributed by atoms with Crippen LogP contribution < -0.4 is 19.5 Å². The third kappa shape index (κ3) is 5.01. The fourth-order valence-corrected chi connectivity index (χ4v) is 3.29. The van der Waals surface area contributed by atoms with E-state index in [1.54, 1.807) is 18.2 Å². The van der Waals surface area contributed by atoms with Gasteiger partial charge in [0.1, 0.15) is 11.5 Å². The standard InChI is InChI=1S/C19H20N2O5S/c1-25-18-12-15(5-6-16(18)21-27(2,23)24)20-19(22)8-4-13-3-7-17-14(11-13)9-10-26-17/h3-8,11-12,21H,9-10H2,1-2H3,(H,20,22)/b8-4+. The summed E-state index contributed by atoms with van der Waals surface area (Å²) in [6.07, 6.45) is 5.09. The van der Waals surface area contributed by atoms with Crippen LogP contribution in [0.25, 0.3) is 6.08 Å². The van der Waals surface area contributed by atoms with Gasteiger partial charge in [0.2, 0.25) is 15.9 Å². The highest BCUT2D eigenvalue weighted by Gasteiger charge is 2.12. The number of hydrogen-bond acceptors (Lipinski definition) is 5. The molecule has 8 heteroatoms. The average Bonchev–Trinajstić information content (AvgIpc) is 3.08. The maximum absolute atomic E-state index is 12.2. The van der Waals surface area contributed by atoms with Gasteiger partial charge in [-0.1, -0.05) is 6.07 Å². The molecule has 2 aromatic carbocycles. The van der Waals surface area contributed by atoms with Gasteiger partial charge in [-0.25, -0.2) is 8.42 Å². The first-order valence-electron chi connectivity index (χ1n) is 8.25. The summed E-state index contributed by atoms with van der Waals surface area (Å²) in [6.45, 7) is 0.689. The van der Waals surface area contributed by atoms with E-state index >= 15 is 0 Å². The van der Waals surface area contributed by atoms with Crippen molar-refractivity contribution in [1.82, 2.24) is 0 Å². The summed E-state index contributed by atoms with van der Waals surface area (Å²) in [5.74, 6) is 0.893. The van der Waals surface area contributed by atoms with Gasteiger partial charge < -0.3 is 14.8 Å². The minimum absolute atomic E-state index is 0.300. The first-order chi connectivity index (χ1) is 12.8. The van der Waals surface area contributed by atoms with Crippen LogP contribution >= 0.6 is 0 Å². The molecule has 0 radical (unpaired) electrons. The molecule has 0 saturated heterocycles. The number of fused-ring (bicyclic) bond motifs is 1. The zero-order valence-corrected chi connectivity index (χ0v) is 15.8. The molecule has 0 unspecified atom stereocenters. The van der Waals surface area contributed by atoms with Crippen LogP contribution in [0.4, 0.5) is 11.4 Å². The molecule has 2 N–H and O–H groups in total. The maximum atomic E-state index is 12.2. The minimum Gasteiger partial charge on any atom is -0.494 e. The SMILES string of the molecule is COc1cc(NC(=O)/C=C/c2ccc3c(c2)CCO3)ccc1NS(C)(=O)=O. The summed E-state index contributed by atoms with van der Waals surface area (Å²) < 4.78 is 35.7. The number of methoxy groups -OCH3 is 1. The number of hydrogen-bond donors (Lipinski definition) is 2. The second kappa shape index (κ2) is 7.71. The highest BCUT2D eigenvalue weighted by Crippen LogP contribution is 2.29. The number of sulfonamides is 1. The fraction of sp³-hybridized carbons (Fsp3) is 0.211. The van der Waals surface area contributed by atoms with E-state index in [2.05, 4.69) is 10.0 Å². The third-order valence-electron chi connectivity index (χ3n) is 3.91. The van der Waals surface area contributed by atoms with E-state index in [1.165, 1.54) is 19.3 Å². The largest absolute Gasteiger partial charge is 0.494 e. The second-order valence-corrected chi connectivity index (χ2v) is 7.83. The third-order valence-corrected chi connectivity index (χ3v) is 4.50. The molecule has 1 aliphatic rings. The first-order valence-corrected chi connectivity index (χ1v) is 10.1. The van der Waals surface area contributed by atoms with Crippen LogP contribution in [-0.2, 0) is 21.2 Å². The highest BCUT2D eigenvalue weighted by molar-refractivity contribution is 7.92. The molecule has 1 amide bonds. The summed E-state index contributed by atoms with van der Waals surface area (Å²) in [6, 6.07) is 10.5. The number of ether oxygens (including phenoxy) is 2. The molecule has 1 aliphatic heterocycles. The molecule has 1 heterocycles. The van der Waals surface area contributed by atoms with E-state index in [4.69, 9.17) is 9.47 Å². The molecule has 27 heavy (non-hydrogen) atoms. The number of nitrogens with one attached hydrogen (secondary N) is 2. The van der Waals surface area contributed by atoms with Crippen LogP contribution in [0.5, 0.6) is 11.5 Å². The summed E-state index contributed by atoms with van der Waals surface area (Å²) >= 11 is 0. The van der Waals surface area contributed by atoms with Crippen molar-refractivity contribution in [2.75, 3.05) is 30.0 Å². The van der Waals surface area contributed by atoms with Crippen LogP contribution in [-0.4, -0.2) is 34.3 Å². The molecular formula is C19H20N2O5S. The van der Waals surface area contributed by atoms with Crippen molar-refractivity contribution in [2.45, 2.75) is 6.42 Å². The Morgan fingerprint density at radius 1 is 1.22 bits per heavy atom. The summed E-state index contributed by atoms with van der Waals surface area (Å²) in [5, 5.41) is 2.72. The normalized spacial score (nSPS) is 13.1. The summed E-state index contributed by atoms with van der Waals surface area (Å²) in [7, 11) is -2.00. The molecule has 7 nitrogen and oxygen atoms in total. The van der Waals surface area contributed by atoms with E-state index in [0.717, 1.165) is 29.6 Å². The van der Waals surface area contributed by atoms with E-state index in [1.807, 2.05) is 18.2 Å². The molecule has 0 spiro atoms. The van der Waals surface area contributed by atoms with E-state index in [9.17, 15) is 13.2 Å². The van der Waals surface area contributed by atoms with Crippen molar-refractivity contribution in [3.05, 3.63) is 53.6 Å². The molecule has 0 atom stereocenters. The van der Waals surface area contributed by atoms with E-state index < -0.39 is 10.0 Å². The summed E-state index contributed by atoms with van der Waals surface area (Å²) in [4.78, 5) is 12.2. The molecule has 3 rings (SSSR count). The number of benzene rings is 2. The number of rotatable bonds is 6. The van der Waals surface area contributed by atoms with Crippen molar-refractivity contribution in [1.29, 1.82) is 0 Å². The Kier molecular flexibility index (Phi) is 5.36. The Bertz CT molecular complexity index is 999. The quantitative estimate of drug-likeness (QED) is 0.742. The predicted molar refractivity (Wildman–Crippen MR) is 105 cm³/mol. The van der Waals surface area contributed by atoms with Gasteiger partial charge >= 0.3 is 0 Å². The van der Waals surface area contributed by atoms with Gasteiger partial charge in [0.05, 0.1) is 25.7 Å². The van der Waals surface area contributed by atoms with Crippen molar-refractivity contribution < 1.29 is 22.7 Å². The first kappa shape index (κ1) is 18.8. The fourth-order valence-electron chi connectivity index (χ4n) is 2.72. The van der Waals surface area contributed by atoms with Gasteiger partial charge in [-0.05, 0) is 41.5 Å². The molecular weight excluding hydrogens is 368 g/mol. The lowest BCUT2D eigenvalue weighted by atomic mass is 10.1. The average molecular weight is 388 g/mol. The van der Waals surface area contributed by atoms with Gasteiger partial charge in [-0.2, -0.15) is 0 Å². The monoisotopic (exact) mass is 388 g/mol.